The van der Waals surface area contributed by atoms with Gasteiger partial charge in [0.15, 0.2) is 11.5 Å². The lowest BCUT2D eigenvalue weighted by Crippen LogP contribution is -2.24. The van der Waals surface area contributed by atoms with Gasteiger partial charge in [0.25, 0.3) is 0 Å². The highest BCUT2D eigenvalue weighted by Crippen LogP contribution is 2.35. The Morgan fingerprint density at radius 1 is 1.03 bits per heavy atom. The van der Waals surface area contributed by atoms with Crippen LogP contribution in [0.1, 0.15) is 35.6 Å². The monoisotopic (exact) mass is 553 g/mol. The SMILES string of the molecule is C=CCc1cc(C=NNC(=O)CC(=O)Nc2ccccc2C)cc(OCC)c1OCc1ccc(Cl)cc1Cl. The summed E-state index contributed by atoms with van der Waals surface area (Å²) in [6.07, 6.45) is 3.38. The molecule has 7 nitrogen and oxygen atoms in total. The molecule has 198 valence electrons. The number of anilines is 1. The number of hydrazone groups is 1. The Morgan fingerprint density at radius 2 is 1.82 bits per heavy atom. The number of allylic oxidation sites excluding steroid dienone is 1. The van der Waals surface area contributed by atoms with Crippen molar-refractivity contribution in [3.8, 4) is 11.5 Å². The van der Waals surface area contributed by atoms with Gasteiger partial charge in [-0.2, -0.15) is 5.10 Å². The van der Waals surface area contributed by atoms with E-state index in [0.29, 0.717) is 45.8 Å². The zero-order valence-electron chi connectivity index (χ0n) is 21.2. The predicted octanol–water partition coefficient (Wildman–Crippen LogP) is 6.49. The average molecular weight is 554 g/mol. The fraction of sp³-hybridized carbons (Fsp3) is 0.207. The molecule has 0 saturated carbocycles. The van der Waals surface area contributed by atoms with Crippen molar-refractivity contribution in [1.29, 1.82) is 0 Å². The lowest BCUT2D eigenvalue weighted by molar-refractivity contribution is -0.126. The third-order valence-electron chi connectivity index (χ3n) is 5.35. The van der Waals surface area contributed by atoms with Gasteiger partial charge in [-0.15, -0.1) is 6.58 Å². The van der Waals surface area contributed by atoms with Gasteiger partial charge in [-0.05, 0) is 61.7 Å². The fourth-order valence-electron chi connectivity index (χ4n) is 3.55. The van der Waals surface area contributed by atoms with E-state index in [2.05, 4.69) is 22.4 Å². The molecule has 0 radical (unpaired) electrons. The molecule has 0 spiro atoms. The number of nitrogens with zero attached hydrogens (tertiary/aromatic N) is 1. The summed E-state index contributed by atoms with van der Waals surface area (Å²) in [6.45, 7) is 8.21. The Kier molecular flexibility index (Phi) is 10.8. The third kappa shape index (κ3) is 8.36. The lowest BCUT2D eigenvalue weighted by atomic mass is 10.1. The first-order valence-electron chi connectivity index (χ1n) is 12.0. The molecule has 3 rings (SSSR count). The van der Waals surface area contributed by atoms with Crippen molar-refractivity contribution in [2.75, 3.05) is 11.9 Å². The summed E-state index contributed by atoms with van der Waals surface area (Å²) in [6, 6.07) is 16.2. The summed E-state index contributed by atoms with van der Waals surface area (Å²) in [5.41, 5.74) is 6.23. The van der Waals surface area contributed by atoms with E-state index >= 15 is 0 Å². The predicted molar refractivity (Wildman–Crippen MR) is 152 cm³/mol. The Morgan fingerprint density at radius 3 is 2.53 bits per heavy atom. The van der Waals surface area contributed by atoms with E-state index in [1.807, 2.05) is 44.2 Å². The molecule has 38 heavy (non-hydrogen) atoms. The van der Waals surface area contributed by atoms with Crippen molar-refractivity contribution < 1.29 is 19.1 Å². The first-order chi connectivity index (χ1) is 18.3. The topological polar surface area (TPSA) is 89.0 Å². The van der Waals surface area contributed by atoms with E-state index in [1.54, 1.807) is 30.3 Å². The highest BCUT2D eigenvalue weighted by molar-refractivity contribution is 6.35. The van der Waals surface area contributed by atoms with Gasteiger partial charge in [-0.25, -0.2) is 5.43 Å². The first-order valence-corrected chi connectivity index (χ1v) is 12.7. The van der Waals surface area contributed by atoms with Gasteiger partial charge in [-0.3, -0.25) is 9.59 Å². The van der Waals surface area contributed by atoms with Crippen LogP contribution < -0.4 is 20.2 Å². The molecule has 0 unspecified atom stereocenters. The summed E-state index contributed by atoms with van der Waals surface area (Å²) >= 11 is 12.3. The van der Waals surface area contributed by atoms with E-state index < -0.39 is 11.8 Å². The molecule has 9 heteroatoms. The number of hydrogen-bond acceptors (Lipinski definition) is 5. The maximum atomic E-state index is 12.2. The van der Waals surface area contributed by atoms with E-state index in [9.17, 15) is 9.59 Å². The van der Waals surface area contributed by atoms with E-state index in [-0.39, 0.29) is 13.0 Å². The number of rotatable bonds is 12. The van der Waals surface area contributed by atoms with Crippen LogP contribution in [0.4, 0.5) is 5.69 Å². The number of ether oxygens (including phenoxy) is 2. The minimum Gasteiger partial charge on any atom is -0.490 e. The minimum absolute atomic E-state index is 0.217. The van der Waals surface area contributed by atoms with Crippen molar-refractivity contribution in [2.45, 2.75) is 33.3 Å². The summed E-state index contributed by atoms with van der Waals surface area (Å²) in [5.74, 6) is 0.110. The Bertz CT molecular complexity index is 1340. The van der Waals surface area contributed by atoms with Crippen molar-refractivity contribution in [3.05, 3.63) is 99.6 Å². The maximum Gasteiger partial charge on any atom is 0.249 e. The third-order valence-corrected chi connectivity index (χ3v) is 5.94. The summed E-state index contributed by atoms with van der Waals surface area (Å²) < 4.78 is 12.0. The fourth-order valence-corrected chi connectivity index (χ4v) is 4.02. The van der Waals surface area contributed by atoms with Crippen LogP contribution in [0.15, 0.2) is 72.4 Å². The molecule has 0 aliphatic rings. The van der Waals surface area contributed by atoms with Crippen molar-refractivity contribution in [3.63, 3.8) is 0 Å². The molecular formula is C29H29Cl2N3O4. The molecule has 0 fully saturated rings. The number of carbonyl (C=O) groups excluding carboxylic acids is 2. The molecule has 0 aliphatic heterocycles. The van der Waals surface area contributed by atoms with Crippen molar-refractivity contribution in [1.82, 2.24) is 5.43 Å². The van der Waals surface area contributed by atoms with Gasteiger partial charge < -0.3 is 14.8 Å². The van der Waals surface area contributed by atoms with Gasteiger partial charge in [0.2, 0.25) is 11.8 Å². The largest absolute Gasteiger partial charge is 0.490 e. The standard InChI is InChI=1S/C29H29Cl2N3O4/c1-4-8-21-13-20(17-32-34-28(36)16-27(35)33-25-10-7-6-9-19(25)3)14-26(37-5-2)29(21)38-18-22-11-12-23(30)15-24(22)31/h4,6-7,9-15,17H,1,5,8,16,18H2,2-3H3,(H,33,35)(H,34,36). The van der Waals surface area contributed by atoms with Crippen molar-refractivity contribution >= 4 is 46.9 Å². The number of carbonyl (C=O) groups is 2. The van der Waals surface area contributed by atoms with Crippen molar-refractivity contribution in [2.24, 2.45) is 5.10 Å². The summed E-state index contributed by atoms with van der Waals surface area (Å²) in [5, 5.41) is 7.78. The average Bonchev–Trinajstić information content (AvgIpc) is 2.86. The molecule has 3 aromatic rings. The smallest absolute Gasteiger partial charge is 0.249 e. The number of halogens is 2. The molecule has 0 bridgehead atoms. The van der Waals surface area contributed by atoms with Crippen LogP contribution in [0.25, 0.3) is 0 Å². The highest BCUT2D eigenvalue weighted by Gasteiger charge is 2.15. The Hall–Kier alpha value is -3.81. The minimum atomic E-state index is -0.538. The van der Waals surface area contributed by atoms with Crippen LogP contribution >= 0.6 is 23.2 Å². The van der Waals surface area contributed by atoms with Gasteiger partial charge in [0, 0.05) is 26.9 Å². The normalized spacial score (nSPS) is 10.7. The molecule has 0 atom stereocenters. The molecule has 2 N–H and O–H groups in total. The quantitative estimate of drug-likeness (QED) is 0.116. The van der Waals surface area contributed by atoms with Crippen LogP contribution in [0.5, 0.6) is 11.5 Å². The van der Waals surface area contributed by atoms with Crippen LogP contribution in [0, 0.1) is 6.92 Å². The number of benzene rings is 3. The van der Waals surface area contributed by atoms with Gasteiger partial charge in [-0.1, -0.05) is 53.5 Å². The molecular weight excluding hydrogens is 525 g/mol. The van der Waals surface area contributed by atoms with E-state index in [0.717, 1.165) is 16.7 Å². The highest BCUT2D eigenvalue weighted by atomic mass is 35.5. The van der Waals surface area contributed by atoms with Gasteiger partial charge >= 0.3 is 0 Å². The molecule has 3 aromatic carbocycles. The van der Waals surface area contributed by atoms with E-state index in [4.69, 9.17) is 32.7 Å². The number of amides is 2. The number of aryl methyl sites for hydroxylation is 1. The molecule has 0 heterocycles. The second-order valence-corrected chi connectivity index (χ2v) is 9.13. The maximum absolute atomic E-state index is 12.2. The van der Waals surface area contributed by atoms with Gasteiger partial charge in [0.05, 0.1) is 12.8 Å². The van der Waals surface area contributed by atoms with Crippen LogP contribution in [-0.4, -0.2) is 24.6 Å². The number of nitrogens with one attached hydrogen (secondary N) is 2. The van der Waals surface area contributed by atoms with E-state index in [1.165, 1.54) is 6.21 Å². The molecule has 0 aliphatic carbocycles. The zero-order valence-corrected chi connectivity index (χ0v) is 22.7. The second kappa shape index (κ2) is 14.2. The lowest BCUT2D eigenvalue weighted by Gasteiger charge is -2.17. The van der Waals surface area contributed by atoms with Crippen LogP contribution in [0.2, 0.25) is 10.0 Å². The Balaban J connectivity index is 1.69. The Labute approximate surface area is 232 Å². The number of para-hydroxylation sites is 1. The zero-order chi connectivity index (χ0) is 27.5. The molecule has 0 saturated heterocycles. The van der Waals surface area contributed by atoms with Crippen LogP contribution in [-0.2, 0) is 22.6 Å². The molecule has 2 amide bonds. The van der Waals surface area contributed by atoms with Crippen LogP contribution in [0.3, 0.4) is 0 Å². The first kappa shape index (κ1) is 28.8. The second-order valence-electron chi connectivity index (χ2n) is 8.29. The number of hydrogen-bond donors (Lipinski definition) is 2. The molecule has 0 aromatic heterocycles. The summed E-state index contributed by atoms with van der Waals surface area (Å²) in [4.78, 5) is 24.4. The van der Waals surface area contributed by atoms with Gasteiger partial charge in [0.1, 0.15) is 13.0 Å². The summed E-state index contributed by atoms with van der Waals surface area (Å²) in [7, 11) is 0.